The van der Waals surface area contributed by atoms with Gasteiger partial charge in [-0.3, -0.25) is 4.79 Å². The van der Waals surface area contributed by atoms with Crippen molar-refractivity contribution in [2.75, 3.05) is 0 Å². The second kappa shape index (κ2) is 7.15. The number of halogens is 3. The van der Waals surface area contributed by atoms with Crippen molar-refractivity contribution in [3.63, 3.8) is 0 Å². The lowest BCUT2D eigenvalue weighted by Crippen LogP contribution is -2.35. The average Bonchev–Trinajstić information content (AvgIpc) is 3.02. The lowest BCUT2D eigenvalue weighted by Gasteiger charge is -2.10. The summed E-state index contributed by atoms with van der Waals surface area (Å²) < 4.78 is 20.4. The standard InChI is InChI=1S/C17H8B3Br2FO4/c1-4(24)16-9(14(25)5-2-6(21)15(26)7(22)3-5)8-10(18)13(23)11(19)12(20)17(8)27-16/h2-4,24,26H,1H3. The van der Waals surface area contributed by atoms with Crippen LogP contribution in [0.25, 0.3) is 11.0 Å². The Kier molecular flexibility index (Phi) is 5.36. The first-order valence-electron chi connectivity index (χ1n) is 7.55. The molecule has 130 valence electrons. The van der Waals surface area contributed by atoms with Crippen molar-refractivity contribution >= 4 is 88.5 Å². The number of ketones is 1. The first-order chi connectivity index (χ1) is 12.6. The van der Waals surface area contributed by atoms with Gasteiger partial charge in [0.25, 0.3) is 0 Å². The molecule has 6 radical (unpaired) electrons. The molecule has 2 aromatic carbocycles. The Balaban J connectivity index is 2.40. The van der Waals surface area contributed by atoms with Gasteiger partial charge in [0, 0.05) is 10.9 Å². The molecule has 3 rings (SSSR count). The Labute approximate surface area is 174 Å². The highest BCUT2D eigenvalue weighted by Gasteiger charge is 2.29. The van der Waals surface area contributed by atoms with Gasteiger partial charge in [-0.05, 0) is 50.9 Å². The van der Waals surface area contributed by atoms with Crippen LogP contribution in [0.3, 0.4) is 0 Å². The molecule has 0 fully saturated rings. The summed E-state index contributed by atoms with van der Waals surface area (Å²) in [4.78, 5) is 13.2. The number of phenolic OH excluding ortho intramolecular Hbond substituents is 1. The van der Waals surface area contributed by atoms with Crippen LogP contribution in [0.2, 0.25) is 0 Å². The number of rotatable bonds is 3. The molecule has 1 unspecified atom stereocenters. The van der Waals surface area contributed by atoms with Crippen molar-refractivity contribution in [1.29, 1.82) is 0 Å². The van der Waals surface area contributed by atoms with E-state index in [1.54, 1.807) is 0 Å². The Bertz CT molecular complexity index is 1090. The van der Waals surface area contributed by atoms with E-state index in [1.807, 2.05) is 0 Å². The summed E-state index contributed by atoms with van der Waals surface area (Å²) in [5, 5.41) is 19.8. The van der Waals surface area contributed by atoms with Gasteiger partial charge in [-0.2, -0.15) is 0 Å². The number of carbonyl (C=O) groups excluding carboxylic acids is 1. The summed E-state index contributed by atoms with van der Waals surface area (Å²) >= 11 is 6.29. The fourth-order valence-electron chi connectivity index (χ4n) is 2.75. The number of hydrogen-bond donors (Lipinski definition) is 2. The molecule has 3 aromatic rings. The van der Waals surface area contributed by atoms with E-state index < -0.39 is 28.6 Å². The molecule has 2 N–H and O–H groups in total. The van der Waals surface area contributed by atoms with E-state index in [4.69, 9.17) is 28.0 Å². The third kappa shape index (κ3) is 3.17. The molecule has 0 aliphatic heterocycles. The van der Waals surface area contributed by atoms with E-state index in [0.29, 0.717) is 0 Å². The largest absolute Gasteiger partial charge is 0.506 e. The van der Waals surface area contributed by atoms with Gasteiger partial charge in [-0.15, -0.1) is 0 Å². The molecule has 0 aliphatic rings. The molecule has 0 bridgehead atoms. The number of benzene rings is 2. The van der Waals surface area contributed by atoms with E-state index in [1.165, 1.54) is 19.1 Å². The van der Waals surface area contributed by atoms with Crippen LogP contribution in [0, 0.1) is 5.82 Å². The number of fused-ring (bicyclic) bond motifs is 1. The van der Waals surface area contributed by atoms with Crippen molar-refractivity contribution < 1.29 is 23.8 Å². The van der Waals surface area contributed by atoms with Gasteiger partial charge in [-0.1, -0.05) is 16.4 Å². The minimum Gasteiger partial charge on any atom is -0.506 e. The van der Waals surface area contributed by atoms with E-state index >= 15 is 0 Å². The van der Waals surface area contributed by atoms with Crippen molar-refractivity contribution in [3.05, 3.63) is 43.8 Å². The highest BCUT2D eigenvalue weighted by atomic mass is 79.9. The van der Waals surface area contributed by atoms with E-state index in [9.17, 15) is 19.4 Å². The maximum atomic E-state index is 14.4. The third-order valence-electron chi connectivity index (χ3n) is 4.10. The minimum atomic E-state index is -1.21. The first kappa shape index (κ1) is 20.2. The summed E-state index contributed by atoms with van der Waals surface area (Å²) in [6.07, 6.45) is -1.21. The van der Waals surface area contributed by atoms with Crippen LogP contribution in [0.15, 0.2) is 25.5 Å². The Hall–Kier alpha value is -1.51. The van der Waals surface area contributed by atoms with Gasteiger partial charge >= 0.3 is 0 Å². The van der Waals surface area contributed by atoms with Crippen LogP contribution in [-0.4, -0.2) is 39.5 Å². The predicted molar refractivity (Wildman–Crippen MR) is 110 cm³/mol. The van der Waals surface area contributed by atoms with Crippen molar-refractivity contribution in [1.82, 2.24) is 0 Å². The number of phenols is 1. The van der Waals surface area contributed by atoms with Crippen LogP contribution >= 0.6 is 31.9 Å². The topological polar surface area (TPSA) is 70.7 Å². The maximum absolute atomic E-state index is 14.4. The van der Waals surface area contributed by atoms with Crippen LogP contribution in [0.1, 0.15) is 34.7 Å². The van der Waals surface area contributed by atoms with Crippen molar-refractivity contribution in [2.24, 2.45) is 0 Å². The van der Waals surface area contributed by atoms with E-state index in [2.05, 4.69) is 31.9 Å². The molecule has 0 aliphatic carbocycles. The molecule has 1 aromatic heterocycles. The van der Waals surface area contributed by atoms with Gasteiger partial charge in [0.1, 0.15) is 52.6 Å². The highest BCUT2D eigenvalue weighted by Crippen LogP contribution is 2.36. The number of aromatic hydroxyl groups is 1. The van der Waals surface area contributed by atoms with Gasteiger partial charge in [-0.25, -0.2) is 4.39 Å². The molecule has 1 heterocycles. The normalized spacial score (nSPS) is 12.5. The second-order valence-electron chi connectivity index (χ2n) is 5.89. The first-order valence-corrected chi connectivity index (χ1v) is 9.13. The Morgan fingerprint density at radius 3 is 2.22 bits per heavy atom. The minimum absolute atomic E-state index is 0.0691. The SMILES string of the molecule is [B]c1c(F)c([B])c2c(C(=O)c3cc(Br)c(O)c(Br)c3)c(C(C)O)oc2c1[B]. The molecule has 0 saturated heterocycles. The molecule has 4 nitrogen and oxygen atoms in total. The highest BCUT2D eigenvalue weighted by molar-refractivity contribution is 9.11. The number of hydrogen-bond acceptors (Lipinski definition) is 4. The smallest absolute Gasteiger partial charge is 0.197 e. The molecule has 0 saturated carbocycles. The van der Waals surface area contributed by atoms with Crippen LogP contribution < -0.4 is 16.4 Å². The molecule has 1 atom stereocenters. The van der Waals surface area contributed by atoms with Crippen LogP contribution in [-0.2, 0) is 0 Å². The monoisotopic (exact) mass is 486 g/mol. The zero-order valence-corrected chi connectivity index (χ0v) is 17.0. The summed E-state index contributed by atoms with van der Waals surface area (Å²) in [6, 6.07) is 2.75. The summed E-state index contributed by atoms with van der Waals surface area (Å²) in [5.41, 5.74) is -1.11. The Morgan fingerprint density at radius 2 is 1.70 bits per heavy atom. The second-order valence-corrected chi connectivity index (χ2v) is 7.60. The van der Waals surface area contributed by atoms with E-state index in [-0.39, 0.29) is 48.0 Å². The van der Waals surface area contributed by atoms with E-state index in [0.717, 1.165) is 0 Å². The lowest BCUT2D eigenvalue weighted by atomic mass is 9.74. The quantitative estimate of drug-likeness (QED) is 0.434. The van der Waals surface area contributed by atoms with Gasteiger partial charge < -0.3 is 14.6 Å². The van der Waals surface area contributed by atoms with Crippen molar-refractivity contribution in [3.8, 4) is 5.75 Å². The van der Waals surface area contributed by atoms with Gasteiger partial charge in [0.05, 0.1) is 14.5 Å². The number of carbonyl (C=O) groups is 1. The summed E-state index contributed by atoms with van der Waals surface area (Å²) in [6.45, 7) is 1.38. The predicted octanol–water partition coefficient (Wildman–Crippen LogP) is 1.47. The fraction of sp³-hybridized carbons (Fsp3) is 0.118. The number of aliphatic hydroxyl groups is 1. The third-order valence-corrected chi connectivity index (χ3v) is 5.31. The number of furan rings is 1. The fourth-order valence-corrected chi connectivity index (χ4v) is 3.94. The number of aliphatic hydroxyl groups excluding tert-OH is 1. The maximum Gasteiger partial charge on any atom is 0.197 e. The molecule has 0 spiro atoms. The zero-order valence-electron chi connectivity index (χ0n) is 13.8. The molecule has 0 amide bonds. The lowest BCUT2D eigenvalue weighted by molar-refractivity contribution is 0.102. The Morgan fingerprint density at radius 1 is 1.15 bits per heavy atom. The van der Waals surface area contributed by atoms with Gasteiger partial charge in [0.2, 0.25) is 0 Å². The van der Waals surface area contributed by atoms with Crippen LogP contribution in [0.5, 0.6) is 5.75 Å². The summed E-state index contributed by atoms with van der Waals surface area (Å²) in [7, 11) is 17.3. The van der Waals surface area contributed by atoms with Crippen molar-refractivity contribution in [2.45, 2.75) is 13.0 Å². The zero-order chi connectivity index (χ0) is 20.2. The van der Waals surface area contributed by atoms with Gasteiger partial charge in [0.15, 0.2) is 5.78 Å². The molecule has 27 heavy (non-hydrogen) atoms. The molecular formula is C17H8B3Br2FO4. The summed E-state index contributed by atoms with van der Waals surface area (Å²) in [5.74, 6) is -1.80. The molecular weight excluding hydrogens is 479 g/mol. The van der Waals surface area contributed by atoms with Crippen LogP contribution in [0.4, 0.5) is 4.39 Å². The average molecular weight is 487 g/mol. The molecule has 10 heteroatoms.